The molecule has 0 unspecified atom stereocenters. The van der Waals surface area contributed by atoms with Gasteiger partial charge in [0.1, 0.15) is 0 Å². The maximum absolute atomic E-state index is 12.0. The van der Waals surface area contributed by atoms with Gasteiger partial charge in [-0.05, 0) is 59.0 Å². The second kappa shape index (κ2) is 6.39. The van der Waals surface area contributed by atoms with Gasteiger partial charge in [0.2, 0.25) is 0 Å². The maximum Gasteiger partial charge on any atom is 0.302 e. The van der Waals surface area contributed by atoms with Gasteiger partial charge in [-0.1, -0.05) is 24.1 Å². The third-order valence-corrected chi connectivity index (χ3v) is 3.33. The van der Waals surface area contributed by atoms with Crippen LogP contribution < -0.4 is 4.90 Å². The molecule has 3 heteroatoms. The fourth-order valence-corrected chi connectivity index (χ4v) is 1.87. The Bertz CT molecular complexity index is 623. The standard InChI is InChI=1S/C16H12INO/c1-18(15-10-8-14(17)9-11-15)16(19)12-7-13-5-3-2-4-6-13/h2-6,8-11H,1H3. The Morgan fingerprint density at radius 3 is 2.32 bits per heavy atom. The molecule has 0 fully saturated rings. The number of halogens is 1. The van der Waals surface area contributed by atoms with Gasteiger partial charge in [-0.3, -0.25) is 4.79 Å². The number of benzene rings is 2. The highest BCUT2D eigenvalue weighted by atomic mass is 127. The van der Waals surface area contributed by atoms with E-state index < -0.39 is 0 Å². The quantitative estimate of drug-likeness (QED) is 0.564. The molecule has 0 aromatic heterocycles. The van der Waals surface area contributed by atoms with Crippen LogP contribution in [-0.2, 0) is 4.79 Å². The van der Waals surface area contributed by atoms with E-state index in [1.54, 1.807) is 11.9 Å². The summed E-state index contributed by atoms with van der Waals surface area (Å²) in [7, 11) is 1.73. The molecular weight excluding hydrogens is 349 g/mol. The molecular formula is C16H12INO. The van der Waals surface area contributed by atoms with Crippen LogP contribution in [0.15, 0.2) is 54.6 Å². The van der Waals surface area contributed by atoms with Crippen molar-refractivity contribution in [3.8, 4) is 11.8 Å². The first-order valence-corrected chi connectivity index (χ1v) is 6.85. The summed E-state index contributed by atoms with van der Waals surface area (Å²) < 4.78 is 1.14. The normalized spacial score (nSPS) is 9.37. The van der Waals surface area contributed by atoms with Gasteiger partial charge >= 0.3 is 5.91 Å². The molecule has 0 heterocycles. The maximum atomic E-state index is 12.0. The first kappa shape index (κ1) is 13.6. The minimum Gasteiger partial charge on any atom is -0.305 e. The van der Waals surface area contributed by atoms with E-state index in [1.165, 1.54) is 0 Å². The highest BCUT2D eigenvalue weighted by Gasteiger charge is 2.07. The van der Waals surface area contributed by atoms with E-state index in [0.717, 1.165) is 14.8 Å². The summed E-state index contributed by atoms with van der Waals surface area (Å²) in [5.74, 6) is 5.29. The number of carbonyl (C=O) groups excluding carboxylic acids is 1. The Kier molecular flexibility index (Phi) is 4.58. The molecule has 0 radical (unpaired) electrons. The molecule has 2 rings (SSSR count). The van der Waals surface area contributed by atoms with Gasteiger partial charge in [-0.2, -0.15) is 0 Å². The molecule has 0 aliphatic carbocycles. The van der Waals surface area contributed by atoms with Gasteiger partial charge in [0.05, 0.1) is 0 Å². The van der Waals surface area contributed by atoms with Crippen LogP contribution in [0.25, 0.3) is 0 Å². The third-order valence-electron chi connectivity index (χ3n) is 2.61. The molecule has 0 spiro atoms. The van der Waals surface area contributed by atoms with Gasteiger partial charge in [0.25, 0.3) is 0 Å². The van der Waals surface area contributed by atoms with Crippen molar-refractivity contribution in [1.29, 1.82) is 0 Å². The van der Waals surface area contributed by atoms with Crippen LogP contribution in [0.5, 0.6) is 0 Å². The first-order valence-electron chi connectivity index (χ1n) is 5.77. The molecule has 0 saturated heterocycles. The Hall–Kier alpha value is -1.80. The van der Waals surface area contributed by atoms with E-state index in [0.29, 0.717) is 0 Å². The Labute approximate surface area is 126 Å². The monoisotopic (exact) mass is 361 g/mol. The Balaban J connectivity index is 2.12. The predicted octanol–water partition coefficient (Wildman–Crippen LogP) is 3.31. The molecule has 0 bridgehead atoms. The van der Waals surface area contributed by atoms with Crippen LogP contribution in [0.1, 0.15) is 5.56 Å². The Morgan fingerprint density at radius 2 is 1.68 bits per heavy atom. The summed E-state index contributed by atoms with van der Waals surface area (Å²) in [5, 5.41) is 0. The molecule has 19 heavy (non-hydrogen) atoms. The fraction of sp³-hybridized carbons (Fsp3) is 0.0625. The molecule has 0 aliphatic heterocycles. The lowest BCUT2D eigenvalue weighted by atomic mass is 10.2. The van der Waals surface area contributed by atoms with Crippen LogP contribution in [0.3, 0.4) is 0 Å². The van der Waals surface area contributed by atoms with Crippen molar-refractivity contribution in [2.45, 2.75) is 0 Å². The summed E-state index contributed by atoms with van der Waals surface area (Å²) >= 11 is 2.23. The van der Waals surface area contributed by atoms with E-state index >= 15 is 0 Å². The zero-order valence-electron chi connectivity index (χ0n) is 10.4. The van der Waals surface area contributed by atoms with Gasteiger partial charge in [0, 0.05) is 27.8 Å². The fourth-order valence-electron chi connectivity index (χ4n) is 1.51. The van der Waals surface area contributed by atoms with Crippen LogP contribution >= 0.6 is 22.6 Å². The number of carbonyl (C=O) groups is 1. The number of nitrogens with zero attached hydrogens (tertiary/aromatic N) is 1. The van der Waals surface area contributed by atoms with Crippen molar-refractivity contribution < 1.29 is 4.79 Å². The summed E-state index contributed by atoms with van der Waals surface area (Å²) in [5.41, 5.74) is 1.68. The summed E-state index contributed by atoms with van der Waals surface area (Å²) in [6, 6.07) is 17.2. The molecule has 0 atom stereocenters. The smallest absolute Gasteiger partial charge is 0.302 e. The molecule has 1 amide bonds. The minimum absolute atomic E-state index is 0.218. The van der Waals surface area contributed by atoms with E-state index in [1.807, 2.05) is 54.6 Å². The van der Waals surface area contributed by atoms with Crippen molar-refractivity contribution in [3.05, 3.63) is 63.7 Å². The van der Waals surface area contributed by atoms with Crippen molar-refractivity contribution in [1.82, 2.24) is 0 Å². The highest BCUT2D eigenvalue weighted by molar-refractivity contribution is 14.1. The second-order valence-corrected chi connectivity index (χ2v) is 5.20. The van der Waals surface area contributed by atoms with Gasteiger partial charge in [-0.15, -0.1) is 0 Å². The summed E-state index contributed by atoms with van der Waals surface area (Å²) in [6.07, 6.45) is 0. The topological polar surface area (TPSA) is 20.3 Å². The van der Waals surface area contributed by atoms with Crippen molar-refractivity contribution in [2.24, 2.45) is 0 Å². The number of hydrogen-bond acceptors (Lipinski definition) is 1. The van der Waals surface area contributed by atoms with E-state index in [4.69, 9.17) is 0 Å². The van der Waals surface area contributed by atoms with Crippen LogP contribution in [0, 0.1) is 15.4 Å². The molecule has 0 aliphatic rings. The molecule has 2 nitrogen and oxygen atoms in total. The molecule has 2 aromatic rings. The molecule has 0 N–H and O–H groups in total. The molecule has 94 valence electrons. The highest BCUT2D eigenvalue weighted by Crippen LogP contribution is 2.14. The minimum atomic E-state index is -0.218. The van der Waals surface area contributed by atoms with E-state index in [-0.39, 0.29) is 5.91 Å². The number of amides is 1. The zero-order valence-corrected chi connectivity index (χ0v) is 12.6. The lowest BCUT2D eigenvalue weighted by Crippen LogP contribution is -2.24. The number of anilines is 1. The van der Waals surface area contributed by atoms with Gasteiger partial charge < -0.3 is 4.90 Å². The third kappa shape index (κ3) is 3.83. The molecule has 0 saturated carbocycles. The van der Waals surface area contributed by atoms with E-state index in [2.05, 4.69) is 34.4 Å². The van der Waals surface area contributed by atoms with Gasteiger partial charge in [0.15, 0.2) is 0 Å². The molecule has 2 aromatic carbocycles. The lowest BCUT2D eigenvalue weighted by Gasteiger charge is -2.13. The van der Waals surface area contributed by atoms with Crippen molar-refractivity contribution in [3.63, 3.8) is 0 Å². The average Bonchev–Trinajstić information content (AvgIpc) is 2.46. The number of rotatable bonds is 1. The van der Waals surface area contributed by atoms with Crippen molar-refractivity contribution in [2.75, 3.05) is 11.9 Å². The van der Waals surface area contributed by atoms with Crippen molar-refractivity contribution >= 4 is 34.2 Å². The number of hydrogen-bond donors (Lipinski definition) is 0. The predicted molar refractivity (Wildman–Crippen MR) is 85.9 cm³/mol. The van der Waals surface area contributed by atoms with Crippen LogP contribution in [0.2, 0.25) is 0 Å². The SMILES string of the molecule is CN(C(=O)C#Cc1ccccc1)c1ccc(I)cc1. The lowest BCUT2D eigenvalue weighted by molar-refractivity contribution is -0.113. The van der Waals surface area contributed by atoms with Crippen LogP contribution in [0.4, 0.5) is 5.69 Å². The summed E-state index contributed by atoms with van der Waals surface area (Å²) in [4.78, 5) is 13.5. The first-order chi connectivity index (χ1) is 9.16. The average molecular weight is 361 g/mol. The second-order valence-electron chi connectivity index (χ2n) is 3.96. The van der Waals surface area contributed by atoms with E-state index in [9.17, 15) is 4.79 Å². The zero-order chi connectivity index (χ0) is 13.7. The summed E-state index contributed by atoms with van der Waals surface area (Å²) in [6.45, 7) is 0. The Morgan fingerprint density at radius 1 is 1.05 bits per heavy atom. The van der Waals surface area contributed by atoms with Gasteiger partial charge in [-0.25, -0.2) is 0 Å². The largest absolute Gasteiger partial charge is 0.305 e. The van der Waals surface area contributed by atoms with Crippen LogP contribution in [-0.4, -0.2) is 13.0 Å².